The van der Waals surface area contributed by atoms with Crippen molar-refractivity contribution in [3.05, 3.63) is 58.8 Å². The predicted molar refractivity (Wildman–Crippen MR) is 104 cm³/mol. The minimum absolute atomic E-state index is 0.237. The van der Waals surface area contributed by atoms with Gasteiger partial charge in [-0.15, -0.1) is 0 Å². The number of carbonyl (C=O) groups is 2. The van der Waals surface area contributed by atoms with Crippen LogP contribution < -0.4 is 14.8 Å². The number of carbonyl (C=O) groups excluding carboxylic acids is 2. The first kappa shape index (κ1) is 18.5. The van der Waals surface area contributed by atoms with Crippen LogP contribution in [0.15, 0.2) is 42.1 Å². The summed E-state index contributed by atoms with van der Waals surface area (Å²) >= 11 is 0. The Kier molecular flexibility index (Phi) is 4.90. The second-order valence-electron chi connectivity index (χ2n) is 6.44. The molecule has 0 fully saturated rings. The molecule has 0 atom stereocenters. The number of aryl methyl sites for hydroxylation is 2. The molecule has 1 N–H and O–H groups in total. The van der Waals surface area contributed by atoms with Crippen molar-refractivity contribution < 1.29 is 19.1 Å². The van der Waals surface area contributed by atoms with Gasteiger partial charge in [-0.3, -0.25) is 14.5 Å². The summed E-state index contributed by atoms with van der Waals surface area (Å²) in [6.45, 7) is 3.98. The Morgan fingerprint density at radius 3 is 2.04 bits per heavy atom. The second kappa shape index (κ2) is 7.15. The maximum atomic E-state index is 12.7. The second-order valence-corrected chi connectivity index (χ2v) is 6.44. The van der Waals surface area contributed by atoms with E-state index in [0.29, 0.717) is 28.3 Å². The van der Waals surface area contributed by atoms with Gasteiger partial charge in [0, 0.05) is 30.9 Å². The number of imide groups is 1. The topological polar surface area (TPSA) is 67.9 Å². The van der Waals surface area contributed by atoms with Gasteiger partial charge >= 0.3 is 0 Å². The maximum absolute atomic E-state index is 12.7. The third-order valence-electron chi connectivity index (χ3n) is 4.70. The SMILES string of the molecule is COc1cc(NC2=C(c3ccc(C)c(C)c3)C(=O)N(C)C2=O)cc(OC)c1. The number of nitrogens with zero attached hydrogens (tertiary/aromatic N) is 1. The summed E-state index contributed by atoms with van der Waals surface area (Å²) in [6, 6.07) is 10.9. The lowest BCUT2D eigenvalue weighted by Gasteiger charge is -2.12. The van der Waals surface area contributed by atoms with Crippen molar-refractivity contribution in [2.45, 2.75) is 13.8 Å². The summed E-state index contributed by atoms with van der Waals surface area (Å²) < 4.78 is 10.5. The molecule has 2 aromatic carbocycles. The van der Waals surface area contributed by atoms with E-state index in [2.05, 4.69) is 5.32 Å². The number of methoxy groups -OCH3 is 2. The number of anilines is 1. The fourth-order valence-corrected chi connectivity index (χ4v) is 2.95. The van der Waals surface area contributed by atoms with Crippen LogP contribution >= 0.6 is 0 Å². The van der Waals surface area contributed by atoms with Gasteiger partial charge in [0.2, 0.25) is 0 Å². The summed E-state index contributed by atoms with van der Waals surface area (Å²) in [4.78, 5) is 26.5. The van der Waals surface area contributed by atoms with Crippen LogP contribution in [0.4, 0.5) is 5.69 Å². The Labute approximate surface area is 158 Å². The minimum atomic E-state index is -0.380. The molecule has 0 saturated carbocycles. The Morgan fingerprint density at radius 1 is 0.852 bits per heavy atom. The lowest BCUT2D eigenvalue weighted by molar-refractivity contribution is -0.135. The van der Waals surface area contributed by atoms with Crippen LogP contribution in [0.5, 0.6) is 11.5 Å². The van der Waals surface area contributed by atoms with E-state index in [4.69, 9.17) is 9.47 Å². The average molecular weight is 366 g/mol. The number of ether oxygens (including phenoxy) is 2. The quantitative estimate of drug-likeness (QED) is 0.824. The van der Waals surface area contributed by atoms with Crippen molar-refractivity contribution in [1.82, 2.24) is 4.90 Å². The van der Waals surface area contributed by atoms with Crippen molar-refractivity contribution >= 4 is 23.1 Å². The third-order valence-corrected chi connectivity index (χ3v) is 4.70. The molecular weight excluding hydrogens is 344 g/mol. The Hall–Kier alpha value is -3.28. The first-order valence-corrected chi connectivity index (χ1v) is 8.50. The molecule has 0 unspecified atom stereocenters. The van der Waals surface area contributed by atoms with E-state index in [1.165, 1.54) is 7.05 Å². The van der Waals surface area contributed by atoms with Gasteiger partial charge in [0.05, 0.1) is 19.8 Å². The predicted octanol–water partition coefficient (Wildman–Crippen LogP) is 3.14. The van der Waals surface area contributed by atoms with Crippen molar-refractivity contribution in [2.24, 2.45) is 0 Å². The van der Waals surface area contributed by atoms with E-state index in [0.717, 1.165) is 16.0 Å². The highest BCUT2D eigenvalue weighted by molar-refractivity contribution is 6.36. The van der Waals surface area contributed by atoms with Crippen LogP contribution in [0.2, 0.25) is 0 Å². The van der Waals surface area contributed by atoms with Crippen LogP contribution in [-0.4, -0.2) is 38.0 Å². The van der Waals surface area contributed by atoms with Crippen LogP contribution in [0.1, 0.15) is 16.7 Å². The summed E-state index contributed by atoms with van der Waals surface area (Å²) in [5.74, 6) is 0.446. The van der Waals surface area contributed by atoms with Crippen LogP contribution in [-0.2, 0) is 9.59 Å². The van der Waals surface area contributed by atoms with Gasteiger partial charge in [0.15, 0.2) is 0 Å². The lowest BCUT2D eigenvalue weighted by atomic mass is 9.99. The Balaban J connectivity index is 2.11. The molecule has 0 saturated heterocycles. The highest BCUT2D eigenvalue weighted by Gasteiger charge is 2.37. The highest BCUT2D eigenvalue weighted by atomic mass is 16.5. The molecule has 1 aliphatic heterocycles. The Morgan fingerprint density at radius 2 is 1.48 bits per heavy atom. The van der Waals surface area contributed by atoms with Gasteiger partial charge in [-0.2, -0.15) is 0 Å². The number of amides is 2. The zero-order chi connectivity index (χ0) is 19.7. The lowest BCUT2D eigenvalue weighted by Crippen LogP contribution is -2.27. The molecule has 0 spiro atoms. The van der Waals surface area contributed by atoms with Gasteiger partial charge in [0.25, 0.3) is 11.8 Å². The minimum Gasteiger partial charge on any atom is -0.497 e. The smallest absolute Gasteiger partial charge is 0.277 e. The number of benzene rings is 2. The average Bonchev–Trinajstić information content (AvgIpc) is 2.87. The first-order chi connectivity index (χ1) is 12.8. The third kappa shape index (κ3) is 3.38. The van der Waals surface area contributed by atoms with E-state index < -0.39 is 0 Å². The summed E-state index contributed by atoms with van der Waals surface area (Å²) in [6.07, 6.45) is 0. The molecular formula is C21H22N2O4. The number of rotatable bonds is 5. The summed E-state index contributed by atoms with van der Waals surface area (Å²) in [5, 5.41) is 3.09. The van der Waals surface area contributed by atoms with Crippen LogP contribution in [0.3, 0.4) is 0 Å². The first-order valence-electron chi connectivity index (χ1n) is 8.50. The van der Waals surface area contributed by atoms with Gasteiger partial charge in [-0.05, 0) is 30.5 Å². The molecule has 0 aromatic heterocycles. The molecule has 0 bridgehead atoms. The van der Waals surface area contributed by atoms with Crippen LogP contribution in [0, 0.1) is 13.8 Å². The molecule has 0 radical (unpaired) electrons. The summed E-state index contributed by atoms with van der Waals surface area (Å²) in [7, 11) is 4.58. The molecule has 6 heteroatoms. The van der Waals surface area contributed by atoms with E-state index in [-0.39, 0.29) is 17.5 Å². The fraction of sp³-hybridized carbons (Fsp3) is 0.238. The summed E-state index contributed by atoms with van der Waals surface area (Å²) in [5.41, 5.74) is 4.07. The molecule has 0 aliphatic carbocycles. The van der Waals surface area contributed by atoms with Gasteiger partial charge < -0.3 is 14.8 Å². The van der Waals surface area contributed by atoms with E-state index in [9.17, 15) is 9.59 Å². The van der Waals surface area contributed by atoms with Crippen LogP contribution in [0.25, 0.3) is 5.57 Å². The zero-order valence-corrected chi connectivity index (χ0v) is 16.0. The van der Waals surface area contributed by atoms with Gasteiger partial charge in [-0.1, -0.05) is 18.2 Å². The molecule has 3 rings (SSSR count). The van der Waals surface area contributed by atoms with Crippen molar-refractivity contribution in [2.75, 3.05) is 26.6 Å². The fourth-order valence-electron chi connectivity index (χ4n) is 2.95. The molecule has 1 heterocycles. The number of nitrogens with one attached hydrogen (secondary N) is 1. The van der Waals surface area contributed by atoms with Crippen molar-refractivity contribution in [1.29, 1.82) is 0 Å². The Bertz CT molecular complexity index is 940. The van der Waals surface area contributed by atoms with E-state index in [1.807, 2.05) is 32.0 Å². The zero-order valence-electron chi connectivity index (χ0n) is 16.0. The van der Waals surface area contributed by atoms with E-state index in [1.54, 1.807) is 32.4 Å². The normalized spacial score (nSPS) is 14.0. The monoisotopic (exact) mass is 366 g/mol. The molecule has 2 aromatic rings. The molecule has 1 aliphatic rings. The molecule has 6 nitrogen and oxygen atoms in total. The standard InChI is InChI=1S/C21H22N2O4/c1-12-6-7-14(8-13(12)2)18-19(21(25)23(3)20(18)24)22-15-9-16(26-4)11-17(10-15)27-5/h6-11,22H,1-5H3. The number of hydrogen-bond donors (Lipinski definition) is 1. The van der Waals surface area contributed by atoms with E-state index >= 15 is 0 Å². The molecule has 140 valence electrons. The molecule has 27 heavy (non-hydrogen) atoms. The maximum Gasteiger partial charge on any atom is 0.277 e. The van der Waals surface area contributed by atoms with Gasteiger partial charge in [-0.25, -0.2) is 0 Å². The number of hydrogen-bond acceptors (Lipinski definition) is 5. The van der Waals surface area contributed by atoms with Crippen molar-refractivity contribution in [3.8, 4) is 11.5 Å². The highest BCUT2D eigenvalue weighted by Crippen LogP contribution is 2.33. The number of likely N-dealkylation sites (N-methyl/N-ethyl adjacent to an activating group) is 1. The molecule has 2 amide bonds. The van der Waals surface area contributed by atoms with Gasteiger partial charge in [0.1, 0.15) is 17.2 Å². The largest absolute Gasteiger partial charge is 0.497 e. The van der Waals surface area contributed by atoms with Crippen molar-refractivity contribution in [3.63, 3.8) is 0 Å².